The minimum Gasteiger partial charge on any atom is -0.497 e. The zero-order valence-electron chi connectivity index (χ0n) is 68.7. The van der Waals surface area contributed by atoms with Crippen LogP contribution in [0.15, 0.2) is 200 Å². The van der Waals surface area contributed by atoms with Gasteiger partial charge in [0, 0.05) is 140 Å². The minimum atomic E-state index is -0.452. The Hall–Kier alpha value is -11.4. The summed E-state index contributed by atoms with van der Waals surface area (Å²) in [4.78, 5) is 63.1. The number of nitrogens with one attached hydrogen (secondary N) is 3. The normalized spacial score (nSPS) is 16.4. The summed E-state index contributed by atoms with van der Waals surface area (Å²) in [5, 5.41) is 14.6. The molecule has 0 spiro atoms. The smallest absolute Gasteiger partial charge is 0.416 e. The minimum absolute atomic E-state index is 0.375. The maximum absolute atomic E-state index is 13.7. The number of aromatic nitrogens is 6. The molecular formula is C94H94Cl5N11O14. The fourth-order valence-corrected chi connectivity index (χ4v) is 17.3. The Morgan fingerprint density at radius 3 is 1.09 bits per heavy atom. The molecule has 644 valence electrons. The van der Waals surface area contributed by atoms with Gasteiger partial charge in [0.1, 0.15) is 46.9 Å². The van der Waals surface area contributed by atoms with Crippen LogP contribution in [0.3, 0.4) is 0 Å². The number of halogens is 5. The van der Waals surface area contributed by atoms with Gasteiger partial charge in [-0.15, -0.1) is 0 Å². The highest BCUT2D eigenvalue weighted by atomic mass is 35.5. The number of H-pyrrole nitrogens is 3. The van der Waals surface area contributed by atoms with Gasteiger partial charge in [0.2, 0.25) is 0 Å². The van der Waals surface area contributed by atoms with E-state index in [1.54, 1.807) is 126 Å². The molecule has 4 aromatic heterocycles. The van der Waals surface area contributed by atoms with Gasteiger partial charge in [-0.25, -0.2) is 14.4 Å². The van der Waals surface area contributed by atoms with Crippen LogP contribution in [0.25, 0.3) is 32.7 Å². The Balaban J connectivity index is 0.000000138. The molecule has 0 bridgehead atoms. The molecule has 3 atom stereocenters. The molecule has 18 rings (SSSR count). The molecule has 0 saturated carbocycles. The van der Waals surface area contributed by atoms with Gasteiger partial charge in [-0.3, -0.25) is 24.5 Å². The van der Waals surface area contributed by atoms with Gasteiger partial charge in [-0.2, -0.15) is 15.0 Å². The molecular weight excluding hydrogens is 1680 g/mol. The van der Waals surface area contributed by atoms with Gasteiger partial charge in [-0.05, 0) is 229 Å². The lowest BCUT2D eigenvalue weighted by Gasteiger charge is -2.35. The van der Waals surface area contributed by atoms with E-state index < -0.39 is 30.4 Å². The second-order valence-corrected chi connectivity index (χ2v) is 32.6. The maximum Gasteiger partial charge on any atom is 0.416 e. The summed E-state index contributed by atoms with van der Waals surface area (Å²) in [5.74, 6) is 5.29. The van der Waals surface area contributed by atoms with Gasteiger partial charge < -0.3 is 67.1 Å². The summed E-state index contributed by atoms with van der Waals surface area (Å²) in [6, 6.07) is 56.2. The number of aryl methyl sites for hydroxylation is 1. The van der Waals surface area contributed by atoms with Gasteiger partial charge in [-0.1, -0.05) is 82.3 Å². The monoisotopic (exact) mass is 1780 g/mol. The molecule has 30 heteroatoms. The van der Waals surface area contributed by atoms with E-state index in [1.807, 2.05) is 115 Å². The largest absolute Gasteiger partial charge is 0.497 e. The zero-order chi connectivity index (χ0) is 85.6. The SMILES string of the molecule is COc1cc(C2c3[nH]c4ccc(Cl)cc4c3CCN2C(=O)Oc2ccc(Cl)cc2)ccc1OCCCN1CCOCC1.COc1ccc(OC(=O)N2CCc3c([nH]c4ccc(Cl)cc34)C2c2ccc(OCCCN3CCOCC3)c(OC)c2)cc1.O=C(Oc1ccc(Cl)cc1)N1CCc2c([nH]c3ccc(Cl)cc23)[C@@H]1c1ccc(OCCCn2nccn2)cc1. The lowest BCUT2D eigenvalue weighted by molar-refractivity contribution is 0.0357. The van der Waals surface area contributed by atoms with Crippen LogP contribution in [-0.4, -0.2) is 199 Å². The van der Waals surface area contributed by atoms with Crippen LogP contribution >= 0.6 is 58.0 Å². The Kier molecular flexibility index (Phi) is 28.2. The van der Waals surface area contributed by atoms with Crippen molar-refractivity contribution in [2.45, 2.75) is 63.2 Å². The number of amides is 3. The van der Waals surface area contributed by atoms with Crippen LogP contribution in [0.5, 0.6) is 51.7 Å². The fraction of sp³-hybridized carbons (Fsp3) is 0.309. The molecule has 9 aromatic carbocycles. The van der Waals surface area contributed by atoms with Crippen molar-refractivity contribution in [2.24, 2.45) is 0 Å². The first-order chi connectivity index (χ1) is 60.6. The van der Waals surface area contributed by atoms with Crippen molar-refractivity contribution in [1.82, 2.24) is 54.4 Å². The van der Waals surface area contributed by atoms with Crippen LogP contribution < -0.4 is 42.6 Å². The summed E-state index contributed by atoms with van der Waals surface area (Å²) in [5.41, 5.74) is 11.8. The van der Waals surface area contributed by atoms with Crippen molar-refractivity contribution in [3.8, 4) is 51.7 Å². The topological polar surface area (TPSA) is 247 Å². The second kappa shape index (κ2) is 40.5. The number of benzene rings is 9. The molecule has 2 saturated heterocycles. The van der Waals surface area contributed by atoms with Crippen molar-refractivity contribution in [1.29, 1.82) is 0 Å². The number of carbonyl (C=O) groups excluding carboxylic acids is 3. The van der Waals surface area contributed by atoms with Crippen LogP contribution in [0.2, 0.25) is 25.1 Å². The Morgan fingerprint density at radius 1 is 0.363 bits per heavy atom. The van der Waals surface area contributed by atoms with E-state index in [4.69, 9.17) is 110 Å². The number of hydrogen-bond donors (Lipinski definition) is 3. The quantitative estimate of drug-likeness (QED) is 0.0476. The molecule has 9 heterocycles. The molecule has 2 unspecified atom stereocenters. The fourth-order valence-electron chi connectivity index (χ4n) is 16.6. The van der Waals surface area contributed by atoms with Crippen molar-refractivity contribution in [2.75, 3.05) is 126 Å². The van der Waals surface area contributed by atoms with Crippen molar-refractivity contribution < 1.29 is 66.5 Å². The molecule has 5 aliphatic rings. The van der Waals surface area contributed by atoms with E-state index in [9.17, 15) is 14.4 Å². The average Bonchev–Trinajstić information content (AvgIpc) is 1.60. The average molecular weight is 1780 g/mol. The van der Waals surface area contributed by atoms with E-state index in [2.05, 4.69) is 34.9 Å². The lowest BCUT2D eigenvalue weighted by Crippen LogP contribution is -2.42. The van der Waals surface area contributed by atoms with Gasteiger partial charge >= 0.3 is 18.3 Å². The summed E-state index contributed by atoms with van der Waals surface area (Å²) < 4.78 is 63.2. The summed E-state index contributed by atoms with van der Waals surface area (Å²) in [6.45, 7) is 12.7. The number of nitrogens with zero attached hydrogens (tertiary/aromatic N) is 8. The first-order valence-corrected chi connectivity index (χ1v) is 43.3. The molecule has 2 fully saturated rings. The van der Waals surface area contributed by atoms with Crippen molar-refractivity contribution in [3.05, 3.63) is 276 Å². The number of carbonyl (C=O) groups is 3. The first-order valence-electron chi connectivity index (χ1n) is 41.4. The summed E-state index contributed by atoms with van der Waals surface area (Å²) in [6.07, 6.45) is 6.56. The standard InChI is InChI=1S/C33H36ClN3O6.C32H33Cl2N3O5.C29H25Cl2N5O3/c1-39-24-6-8-25(9-7-24)43-33(38)37-14-12-26-27-21-23(34)5-10-28(27)35-31(26)32(37)22-4-11-29(30(20-22)40-2)42-17-3-13-36-15-18-41-19-16-36;1-39-29-19-21(3-10-28(29)41-16-2-12-36-14-17-40-18-15-36)31-30-25(26-20-23(34)6-9-27(26)35-30)11-13-37(31)32(38)42-24-7-4-22(33)5-8-24;30-20-4-9-23(10-5-20)39-29(37)35-16-12-24-25-18-21(31)6-11-26(25)34-27(24)28(35)19-2-7-22(8-3-19)38-17-1-15-36-32-13-14-33-36/h4-11,20-21,32,35H,3,12-19H2,1-2H3;3-10,19-20,31,35H,2,11-18H2,1H3;2-11,13-14,18,28,34H,1,12,15-17H2/t;;28-/m..0/s1. The predicted octanol–water partition coefficient (Wildman–Crippen LogP) is 19.5. The number of morpholine rings is 2. The Bertz CT molecular complexity index is 5830. The van der Waals surface area contributed by atoms with E-state index in [-0.39, 0.29) is 6.04 Å². The highest BCUT2D eigenvalue weighted by Gasteiger charge is 2.40. The number of fused-ring (bicyclic) bond motifs is 9. The Labute approximate surface area is 742 Å². The maximum atomic E-state index is 13.7. The third-order valence-corrected chi connectivity index (χ3v) is 23.9. The first kappa shape index (κ1) is 86.2. The van der Waals surface area contributed by atoms with E-state index in [1.165, 1.54) is 0 Å². The zero-order valence-corrected chi connectivity index (χ0v) is 72.5. The van der Waals surface area contributed by atoms with Crippen LogP contribution in [0, 0.1) is 0 Å². The van der Waals surface area contributed by atoms with Crippen LogP contribution in [0.1, 0.15) is 87.9 Å². The van der Waals surface area contributed by atoms with Crippen molar-refractivity contribution >= 4 is 109 Å². The van der Waals surface area contributed by atoms with Gasteiger partial charge in [0.05, 0.1) is 86.5 Å². The third kappa shape index (κ3) is 20.5. The number of aromatic amines is 3. The van der Waals surface area contributed by atoms with Crippen LogP contribution in [-0.2, 0) is 35.3 Å². The molecule has 25 nitrogen and oxygen atoms in total. The molecule has 124 heavy (non-hydrogen) atoms. The number of ether oxygens (including phenoxy) is 11. The second-order valence-electron chi connectivity index (χ2n) is 30.4. The van der Waals surface area contributed by atoms with Gasteiger partial charge in [0.25, 0.3) is 0 Å². The molecule has 3 N–H and O–H groups in total. The molecule has 13 aromatic rings. The van der Waals surface area contributed by atoms with Gasteiger partial charge in [0.15, 0.2) is 23.0 Å². The molecule has 0 radical (unpaired) electrons. The van der Waals surface area contributed by atoms with Crippen LogP contribution in [0.4, 0.5) is 14.4 Å². The van der Waals surface area contributed by atoms with E-state index in [0.717, 1.165) is 174 Å². The number of hydrogen-bond acceptors (Lipinski definition) is 18. The predicted molar refractivity (Wildman–Crippen MR) is 478 cm³/mol. The number of rotatable bonds is 24. The highest BCUT2D eigenvalue weighted by molar-refractivity contribution is 6.32. The lowest BCUT2D eigenvalue weighted by atomic mass is 9.92. The molecule has 0 aliphatic carbocycles. The third-order valence-electron chi connectivity index (χ3n) is 22.7. The summed E-state index contributed by atoms with van der Waals surface area (Å²) >= 11 is 31.1. The Morgan fingerprint density at radius 2 is 0.702 bits per heavy atom. The van der Waals surface area contributed by atoms with E-state index >= 15 is 0 Å². The molecule has 3 amide bonds. The highest BCUT2D eigenvalue weighted by Crippen LogP contribution is 2.46. The number of methoxy groups -OCH3 is 3. The molecule has 5 aliphatic heterocycles. The van der Waals surface area contributed by atoms with E-state index in [0.29, 0.717) is 136 Å². The van der Waals surface area contributed by atoms with Crippen molar-refractivity contribution in [3.63, 3.8) is 0 Å². The summed E-state index contributed by atoms with van der Waals surface area (Å²) in [7, 11) is 4.86.